The van der Waals surface area contributed by atoms with Crippen molar-refractivity contribution in [3.05, 3.63) is 29.3 Å². The Balaban J connectivity index is 1.92. The Kier molecular flexibility index (Phi) is 6.37. The summed E-state index contributed by atoms with van der Waals surface area (Å²) in [5.74, 6) is -0.190. The number of aryl methyl sites for hydroxylation is 2. The standard InChI is InChI=1S/C17H26N2O4S/c1-13-6-7-14(2)16(11-13)18-17(20)8-9-19(24(3,21)22)12-15-5-4-10-23-15/h6-7,11,15H,4-5,8-10,12H2,1-3H3,(H,18,20). The molecule has 1 aliphatic rings. The third-order valence-corrected chi connectivity index (χ3v) is 5.43. The van der Waals surface area contributed by atoms with E-state index in [0.29, 0.717) is 13.2 Å². The highest BCUT2D eigenvalue weighted by Gasteiger charge is 2.25. The minimum Gasteiger partial charge on any atom is -0.377 e. The van der Waals surface area contributed by atoms with E-state index in [2.05, 4.69) is 5.32 Å². The molecule has 0 aliphatic carbocycles. The molecular weight excluding hydrogens is 328 g/mol. The number of carbonyl (C=O) groups is 1. The van der Waals surface area contributed by atoms with Gasteiger partial charge < -0.3 is 10.1 Å². The maximum absolute atomic E-state index is 12.2. The maximum atomic E-state index is 12.2. The third kappa shape index (κ3) is 5.58. The predicted molar refractivity (Wildman–Crippen MR) is 94.6 cm³/mol. The predicted octanol–water partition coefficient (Wildman–Crippen LogP) is 2.07. The number of carbonyl (C=O) groups excluding carboxylic acids is 1. The molecule has 1 atom stereocenters. The van der Waals surface area contributed by atoms with Crippen LogP contribution in [0.1, 0.15) is 30.4 Å². The van der Waals surface area contributed by atoms with Crippen LogP contribution in [0.25, 0.3) is 0 Å². The van der Waals surface area contributed by atoms with Crippen LogP contribution in [0.5, 0.6) is 0 Å². The average molecular weight is 354 g/mol. The first-order valence-electron chi connectivity index (χ1n) is 8.19. The van der Waals surface area contributed by atoms with Crippen LogP contribution in [0.3, 0.4) is 0 Å². The molecule has 0 bridgehead atoms. The molecule has 1 amide bonds. The van der Waals surface area contributed by atoms with Crippen LogP contribution in [0.15, 0.2) is 18.2 Å². The Bertz CT molecular complexity index is 682. The molecule has 2 rings (SSSR count). The van der Waals surface area contributed by atoms with Gasteiger partial charge in [-0.15, -0.1) is 0 Å². The zero-order chi connectivity index (χ0) is 17.7. The largest absolute Gasteiger partial charge is 0.377 e. The van der Waals surface area contributed by atoms with Crippen molar-refractivity contribution in [2.75, 3.05) is 31.3 Å². The number of hydrogen-bond donors (Lipinski definition) is 1. The van der Waals surface area contributed by atoms with Gasteiger partial charge in [0.1, 0.15) is 0 Å². The molecule has 1 aromatic rings. The van der Waals surface area contributed by atoms with Gasteiger partial charge in [-0.05, 0) is 43.9 Å². The lowest BCUT2D eigenvalue weighted by Crippen LogP contribution is -2.38. The lowest BCUT2D eigenvalue weighted by molar-refractivity contribution is -0.116. The molecule has 1 saturated heterocycles. The fourth-order valence-electron chi connectivity index (χ4n) is 2.72. The summed E-state index contributed by atoms with van der Waals surface area (Å²) in [6, 6.07) is 5.84. The van der Waals surface area contributed by atoms with E-state index in [1.807, 2.05) is 32.0 Å². The van der Waals surface area contributed by atoms with Gasteiger partial charge in [0, 0.05) is 31.8 Å². The smallest absolute Gasteiger partial charge is 0.225 e. The summed E-state index contributed by atoms with van der Waals surface area (Å²) in [5, 5.41) is 2.86. The second-order valence-corrected chi connectivity index (χ2v) is 8.36. The quantitative estimate of drug-likeness (QED) is 0.813. The van der Waals surface area contributed by atoms with E-state index in [-0.39, 0.29) is 25.0 Å². The number of rotatable bonds is 7. The van der Waals surface area contributed by atoms with Crippen LogP contribution in [-0.4, -0.2) is 50.7 Å². The van der Waals surface area contributed by atoms with Crippen molar-refractivity contribution in [1.82, 2.24) is 4.31 Å². The molecule has 1 heterocycles. The van der Waals surface area contributed by atoms with E-state index in [1.54, 1.807) is 0 Å². The lowest BCUT2D eigenvalue weighted by Gasteiger charge is -2.22. The summed E-state index contributed by atoms with van der Waals surface area (Å²) >= 11 is 0. The second kappa shape index (κ2) is 8.09. The summed E-state index contributed by atoms with van der Waals surface area (Å²) in [4.78, 5) is 12.2. The van der Waals surface area contributed by atoms with Crippen molar-refractivity contribution < 1.29 is 17.9 Å². The Morgan fingerprint density at radius 3 is 2.75 bits per heavy atom. The van der Waals surface area contributed by atoms with Crippen LogP contribution >= 0.6 is 0 Å². The minimum absolute atomic E-state index is 0.0678. The molecule has 0 radical (unpaired) electrons. The van der Waals surface area contributed by atoms with Gasteiger partial charge in [0.15, 0.2) is 0 Å². The Hall–Kier alpha value is -1.44. The van der Waals surface area contributed by atoms with Gasteiger partial charge in [0.2, 0.25) is 15.9 Å². The summed E-state index contributed by atoms with van der Waals surface area (Å²) < 4.78 is 30.7. The van der Waals surface area contributed by atoms with Crippen molar-refractivity contribution in [2.24, 2.45) is 0 Å². The Morgan fingerprint density at radius 1 is 1.38 bits per heavy atom. The van der Waals surface area contributed by atoms with E-state index in [1.165, 1.54) is 10.6 Å². The number of amides is 1. The Morgan fingerprint density at radius 2 is 2.12 bits per heavy atom. The van der Waals surface area contributed by atoms with Crippen molar-refractivity contribution in [3.63, 3.8) is 0 Å². The fourth-order valence-corrected chi connectivity index (χ4v) is 3.58. The summed E-state index contributed by atoms with van der Waals surface area (Å²) in [5.41, 5.74) is 2.81. The Labute approximate surface area is 144 Å². The molecule has 0 spiro atoms. The SMILES string of the molecule is Cc1ccc(C)c(NC(=O)CCN(CC2CCCO2)S(C)(=O)=O)c1. The first-order valence-corrected chi connectivity index (χ1v) is 10.0. The molecule has 1 aliphatic heterocycles. The molecule has 24 heavy (non-hydrogen) atoms. The van der Waals surface area contributed by atoms with Crippen molar-refractivity contribution in [1.29, 1.82) is 0 Å². The van der Waals surface area contributed by atoms with E-state index < -0.39 is 10.0 Å². The number of ether oxygens (including phenoxy) is 1. The second-order valence-electron chi connectivity index (χ2n) is 6.37. The first-order chi connectivity index (χ1) is 11.3. The molecule has 0 saturated carbocycles. The van der Waals surface area contributed by atoms with Crippen LogP contribution in [0.2, 0.25) is 0 Å². The number of anilines is 1. The van der Waals surface area contributed by atoms with Gasteiger partial charge >= 0.3 is 0 Å². The highest BCUT2D eigenvalue weighted by molar-refractivity contribution is 7.88. The van der Waals surface area contributed by atoms with E-state index >= 15 is 0 Å². The van der Waals surface area contributed by atoms with Gasteiger partial charge in [-0.25, -0.2) is 8.42 Å². The topological polar surface area (TPSA) is 75.7 Å². The van der Waals surface area contributed by atoms with Crippen LogP contribution in [-0.2, 0) is 19.6 Å². The first kappa shape index (κ1) is 18.9. The monoisotopic (exact) mass is 354 g/mol. The fraction of sp³-hybridized carbons (Fsp3) is 0.588. The van der Waals surface area contributed by atoms with Crippen LogP contribution in [0, 0.1) is 13.8 Å². The molecule has 1 aromatic carbocycles. The highest BCUT2D eigenvalue weighted by atomic mass is 32.2. The van der Waals surface area contributed by atoms with Crippen molar-refractivity contribution in [2.45, 2.75) is 39.2 Å². The molecule has 1 fully saturated rings. The number of nitrogens with one attached hydrogen (secondary N) is 1. The van der Waals surface area contributed by atoms with Gasteiger partial charge in [0.05, 0.1) is 12.4 Å². The lowest BCUT2D eigenvalue weighted by atomic mass is 10.1. The van der Waals surface area contributed by atoms with Crippen LogP contribution in [0.4, 0.5) is 5.69 Å². The zero-order valence-electron chi connectivity index (χ0n) is 14.5. The number of benzene rings is 1. The normalized spacial score (nSPS) is 18.1. The van der Waals surface area contributed by atoms with Crippen molar-refractivity contribution >= 4 is 21.6 Å². The summed E-state index contributed by atoms with van der Waals surface area (Å²) in [7, 11) is -3.36. The average Bonchev–Trinajstić information content (AvgIpc) is 2.99. The molecule has 0 aromatic heterocycles. The summed E-state index contributed by atoms with van der Waals surface area (Å²) in [6.07, 6.45) is 3.04. The van der Waals surface area contributed by atoms with Crippen LogP contribution < -0.4 is 5.32 Å². The van der Waals surface area contributed by atoms with E-state index in [0.717, 1.165) is 29.7 Å². The molecule has 134 valence electrons. The number of nitrogens with zero attached hydrogens (tertiary/aromatic N) is 1. The van der Waals surface area contributed by atoms with Gasteiger partial charge in [-0.2, -0.15) is 4.31 Å². The summed E-state index contributed by atoms with van der Waals surface area (Å²) in [6.45, 7) is 5.04. The molecule has 1 N–H and O–H groups in total. The zero-order valence-corrected chi connectivity index (χ0v) is 15.4. The third-order valence-electron chi connectivity index (χ3n) is 4.16. The molecule has 7 heteroatoms. The minimum atomic E-state index is -3.36. The van der Waals surface area contributed by atoms with Crippen molar-refractivity contribution in [3.8, 4) is 0 Å². The number of hydrogen-bond acceptors (Lipinski definition) is 4. The highest BCUT2D eigenvalue weighted by Crippen LogP contribution is 2.17. The van der Waals surface area contributed by atoms with E-state index in [9.17, 15) is 13.2 Å². The molecule has 1 unspecified atom stereocenters. The van der Waals surface area contributed by atoms with Gasteiger partial charge in [-0.3, -0.25) is 4.79 Å². The molecule has 6 nitrogen and oxygen atoms in total. The molecular formula is C17H26N2O4S. The maximum Gasteiger partial charge on any atom is 0.225 e. The number of sulfonamides is 1. The van der Waals surface area contributed by atoms with Gasteiger partial charge in [0.25, 0.3) is 0 Å². The van der Waals surface area contributed by atoms with Gasteiger partial charge in [-0.1, -0.05) is 12.1 Å². The van der Waals surface area contributed by atoms with E-state index in [4.69, 9.17) is 4.74 Å².